The number of aliphatic hydroxyl groups is 2. The molecule has 2 heterocycles. The largest absolute Gasteiger partial charge is 0.392 e. The van der Waals surface area contributed by atoms with Crippen LogP contribution in [0.15, 0.2) is 11.6 Å². The molecule has 2 bridgehead atoms. The molecule has 3 fully saturated rings. The van der Waals surface area contributed by atoms with Crippen molar-refractivity contribution < 1.29 is 19.7 Å². The molecule has 0 radical (unpaired) electrons. The average Bonchev–Trinajstić information content (AvgIpc) is 3.10. The molecule has 0 amide bonds. The summed E-state index contributed by atoms with van der Waals surface area (Å²) in [5.41, 5.74) is 0.0319. The summed E-state index contributed by atoms with van der Waals surface area (Å²) < 4.78 is 12.0. The highest BCUT2D eigenvalue weighted by Crippen LogP contribution is 2.71. The molecular weight excluding hydrogens is 244 g/mol. The highest BCUT2D eigenvalue weighted by Gasteiger charge is 2.80. The van der Waals surface area contributed by atoms with Crippen LogP contribution in [0.4, 0.5) is 0 Å². The first-order valence-electron chi connectivity index (χ1n) is 7.19. The van der Waals surface area contributed by atoms with Crippen LogP contribution in [0, 0.1) is 10.8 Å². The maximum Gasteiger partial charge on any atom is 0.126 e. The van der Waals surface area contributed by atoms with Crippen molar-refractivity contribution in [1.82, 2.24) is 0 Å². The molecule has 2 saturated heterocycles. The summed E-state index contributed by atoms with van der Waals surface area (Å²) in [6.45, 7) is 6.89. The summed E-state index contributed by atoms with van der Waals surface area (Å²) >= 11 is 0. The van der Waals surface area contributed by atoms with Crippen molar-refractivity contribution in [3.8, 4) is 0 Å². The molecule has 1 unspecified atom stereocenters. The SMILES string of the molecule is CC1=C[C@@H]2O[C@H]3C[C@@H](O)[C@](C)(C34CO4)[C@]2(C)C[C@H]1O. The number of aliphatic hydroxyl groups excluding tert-OH is 2. The Morgan fingerprint density at radius 3 is 2.63 bits per heavy atom. The summed E-state index contributed by atoms with van der Waals surface area (Å²) in [5, 5.41) is 20.9. The smallest absolute Gasteiger partial charge is 0.126 e. The predicted octanol–water partition coefficient (Wildman–Crippen LogP) is 1.01. The second kappa shape index (κ2) is 3.25. The summed E-state index contributed by atoms with van der Waals surface area (Å²) in [4.78, 5) is 0. The Balaban J connectivity index is 1.88. The number of fused-ring (bicyclic) bond motifs is 2. The molecule has 0 aromatic rings. The Labute approximate surface area is 113 Å². The molecule has 19 heavy (non-hydrogen) atoms. The van der Waals surface area contributed by atoms with Crippen LogP contribution in [0.25, 0.3) is 0 Å². The van der Waals surface area contributed by atoms with E-state index in [9.17, 15) is 10.2 Å². The van der Waals surface area contributed by atoms with Crippen molar-refractivity contribution in [2.45, 2.75) is 63.6 Å². The summed E-state index contributed by atoms with van der Waals surface area (Å²) in [6, 6.07) is 0. The van der Waals surface area contributed by atoms with Gasteiger partial charge in [-0.3, -0.25) is 0 Å². The molecule has 4 rings (SSSR count). The molecule has 106 valence electrons. The first-order valence-corrected chi connectivity index (χ1v) is 7.19. The van der Waals surface area contributed by atoms with E-state index in [4.69, 9.17) is 9.47 Å². The summed E-state index contributed by atoms with van der Waals surface area (Å²) in [5.74, 6) is 0. The van der Waals surface area contributed by atoms with Crippen molar-refractivity contribution in [2.75, 3.05) is 6.61 Å². The fourth-order valence-electron chi connectivity index (χ4n) is 4.92. The van der Waals surface area contributed by atoms with Gasteiger partial charge in [0.15, 0.2) is 0 Å². The van der Waals surface area contributed by atoms with Gasteiger partial charge in [0.1, 0.15) is 5.60 Å². The van der Waals surface area contributed by atoms with E-state index in [1.807, 2.05) is 13.0 Å². The lowest BCUT2D eigenvalue weighted by Gasteiger charge is -2.57. The Morgan fingerprint density at radius 2 is 2.00 bits per heavy atom. The minimum absolute atomic E-state index is 0.00938. The van der Waals surface area contributed by atoms with E-state index in [2.05, 4.69) is 13.8 Å². The quantitative estimate of drug-likeness (QED) is 0.507. The van der Waals surface area contributed by atoms with Gasteiger partial charge < -0.3 is 19.7 Å². The van der Waals surface area contributed by atoms with Gasteiger partial charge in [-0.25, -0.2) is 0 Å². The topological polar surface area (TPSA) is 62.2 Å². The lowest BCUT2D eigenvalue weighted by atomic mass is 9.51. The number of epoxide rings is 1. The zero-order valence-electron chi connectivity index (χ0n) is 11.7. The van der Waals surface area contributed by atoms with E-state index in [0.29, 0.717) is 19.4 Å². The minimum Gasteiger partial charge on any atom is -0.392 e. The third-order valence-electron chi connectivity index (χ3n) is 6.64. The van der Waals surface area contributed by atoms with Gasteiger partial charge in [0.25, 0.3) is 0 Å². The molecule has 2 aliphatic heterocycles. The predicted molar refractivity (Wildman–Crippen MR) is 68.6 cm³/mol. The van der Waals surface area contributed by atoms with Crippen molar-refractivity contribution in [1.29, 1.82) is 0 Å². The first kappa shape index (κ1) is 12.3. The summed E-state index contributed by atoms with van der Waals surface area (Å²) in [6.07, 6.45) is 2.42. The number of hydrogen-bond donors (Lipinski definition) is 2. The lowest BCUT2D eigenvalue weighted by Crippen LogP contribution is -2.64. The van der Waals surface area contributed by atoms with Crippen LogP contribution >= 0.6 is 0 Å². The van der Waals surface area contributed by atoms with Gasteiger partial charge in [-0.15, -0.1) is 0 Å². The molecule has 1 saturated carbocycles. The summed E-state index contributed by atoms with van der Waals surface area (Å²) in [7, 11) is 0. The molecule has 2 aliphatic carbocycles. The molecule has 4 aliphatic rings. The van der Waals surface area contributed by atoms with Gasteiger partial charge in [-0.2, -0.15) is 0 Å². The zero-order chi connectivity index (χ0) is 13.6. The van der Waals surface area contributed by atoms with Gasteiger partial charge in [0, 0.05) is 17.3 Å². The van der Waals surface area contributed by atoms with E-state index in [1.54, 1.807) is 0 Å². The third-order valence-corrected chi connectivity index (χ3v) is 6.64. The van der Waals surface area contributed by atoms with E-state index in [1.165, 1.54) is 0 Å². The van der Waals surface area contributed by atoms with Crippen LogP contribution < -0.4 is 0 Å². The molecule has 4 heteroatoms. The Morgan fingerprint density at radius 1 is 1.32 bits per heavy atom. The Bertz CT molecular complexity index is 469. The van der Waals surface area contributed by atoms with E-state index in [0.717, 1.165) is 5.57 Å². The minimum atomic E-state index is -0.443. The molecule has 2 N–H and O–H groups in total. The fraction of sp³-hybridized carbons (Fsp3) is 0.867. The number of rotatable bonds is 0. The van der Waals surface area contributed by atoms with Crippen molar-refractivity contribution >= 4 is 0 Å². The van der Waals surface area contributed by atoms with Gasteiger partial charge in [-0.05, 0) is 18.9 Å². The van der Waals surface area contributed by atoms with E-state index in [-0.39, 0.29) is 28.6 Å². The molecule has 0 aromatic carbocycles. The van der Waals surface area contributed by atoms with Crippen LogP contribution in [0.2, 0.25) is 0 Å². The zero-order valence-corrected chi connectivity index (χ0v) is 11.7. The van der Waals surface area contributed by atoms with Crippen LogP contribution in [0.5, 0.6) is 0 Å². The highest BCUT2D eigenvalue weighted by molar-refractivity contribution is 5.32. The highest BCUT2D eigenvalue weighted by atomic mass is 16.6. The number of hydrogen-bond acceptors (Lipinski definition) is 4. The Kier molecular flexibility index (Phi) is 2.11. The maximum atomic E-state index is 10.6. The lowest BCUT2D eigenvalue weighted by molar-refractivity contribution is -0.212. The van der Waals surface area contributed by atoms with Crippen molar-refractivity contribution in [2.24, 2.45) is 10.8 Å². The third kappa shape index (κ3) is 1.13. The van der Waals surface area contributed by atoms with Crippen molar-refractivity contribution in [3.63, 3.8) is 0 Å². The van der Waals surface area contributed by atoms with Crippen LogP contribution in [-0.2, 0) is 9.47 Å². The average molecular weight is 266 g/mol. The van der Waals surface area contributed by atoms with Crippen LogP contribution in [0.1, 0.15) is 33.6 Å². The van der Waals surface area contributed by atoms with E-state index >= 15 is 0 Å². The first-order chi connectivity index (χ1) is 8.85. The van der Waals surface area contributed by atoms with Crippen LogP contribution in [0.3, 0.4) is 0 Å². The number of ether oxygens (including phenoxy) is 2. The standard InChI is InChI=1S/C15H22O4/c1-8-4-11-13(2,6-9(8)16)14(3)10(17)5-12(19-11)15(14)7-18-15/h4,9-12,16-17H,5-7H2,1-3H3/t9-,10-,11+,12+,13-,14+,15?/m1/s1. The molecule has 7 atom stereocenters. The monoisotopic (exact) mass is 266 g/mol. The maximum absolute atomic E-state index is 10.6. The van der Waals surface area contributed by atoms with Crippen LogP contribution in [-0.4, -0.2) is 46.8 Å². The molecule has 1 spiro atoms. The molecular formula is C15H22O4. The molecule has 4 nitrogen and oxygen atoms in total. The normalized spacial score (nSPS) is 62.9. The Hall–Kier alpha value is -0.420. The van der Waals surface area contributed by atoms with Gasteiger partial charge in [-0.1, -0.05) is 19.9 Å². The second-order valence-corrected chi connectivity index (χ2v) is 7.23. The van der Waals surface area contributed by atoms with Gasteiger partial charge in [0.05, 0.1) is 31.0 Å². The van der Waals surface area contributed by atoms with E-state index < -0.39 is 12.2 Å². The second-order valence-electron chi connectivity index (χ2n) is 7.23. The fourth-order valence-corrected chi connectivity index (χ4v) is 4.92. The van der Waals surface area contributed by atoms with Crippen molar-refractivity contribution in [3.05, 3.63) is 11.6 Å². The van der Waals surface area contributed by atoms with Gasteiger partial charge >= 0.3 is 0 Å². The molecule has 0 aromatic heterocycles. The van der Waals surface area contributed by atoms with Gasteiger partial charge in [0.2, 0.25) is 0 Å².